The molecule has 2 amide bonds. The van der Waals surface area contributed by atoms with Gasteiger partial charge in [0.15, 0.2) is 0 Å². The van der Waals surface area contributed by atoms with E-state index in [1.165, 1.54) is 0 Å². The number of carbonyl (C=O) groups excluding carboxylic acids is 1. The molecule has 6 nitrogen and oxygen atoms in total. The van der Waals surface area contributed by atoms with Crippen LogP contribution in [0.15, 0.2) is 0 Å². The van der Waals surface area contributed by atoms with Gasteiger partial charge in [0.1, 0.15) is 0 Å². The first-order valence-electron chi connectivity index (χ1n) is 6.39. The number of carboxylic acids is 1. The monoisotopic (exact) mass is 258 g/mol. The van der Waals surface area contributed by atoms with Crippen LogP contribution in [0.2, 0.25) is 0 Å². The number of amides is 2. The predicted molar refractivity (Wildman–Crippen MR) is 66.2 cm³/mol. The van der Waals surface area contributed by atoms with Crippen molar-refractivity contribution in [3.63, 3.8) is 0 Å². The van der Waals surface area contributed by atoms with Crippen LogP contribution in [0, 0.1) is 5.92 Å². The van der Waals surface area contributed by atoms with E-state index in [9.17, 15) is 14.7 Å². The maximum Gasteiger partial charge on any atom is 0.315 e. The number of nitrogens with one attached hydrogen (secondary N) is 2. The molecule has 1 fully saturated rings. The lowest BCUT2D eigenvalue weighted by atomic mass is 9.93. The summed E-state index contributed by atoms with van der Waals surface area (Å²) in [6.07, 6.45) is 2.93. The Morgan fingerprint density at radius 2 is 1.83 bits per heavy atom. The third kappa shape index (κ3) is 4.18. The number of hydrogen-bond donors (Lipinski definition) is 4. The van der Waals surface area contributed by atoms with Crippen LogP contribution in [0.3, 0.4) is 0 Å². The summed E-state index contributed by atoms with van der Waals surface area (Å²) in [5.74, 6) is -1.59. The highest BCUT2D eigenvalue weighted by Gasteiger charge is 2.26. The molecule has 6 heteroatoms. The highest BCUT2D eigenvalue weighted by atomic mass is 16.4. The van der Waals surface area contributed by atoms with Crippen LogP contribution in [-0.2, 0) is 4.79 Å². The fraction of sp³-hybridized carbons (Fsp3) is 0.833. The summed E-state index contributed by atoms with van der Waals surface area (Å²) in [5.41, 5.74) is 0. The van der Waals surface area contributed by atoms with E-state index in [-0.39, 0.29) is 6.04 Å². The lowest BCUT2D eigenvalue weighted by Crippen LogP contribution is -2.52. The fourth-order valence-corrected chi connectivity index (χ4v) is 2.04. The molecule has 1 aliphatic carbocycles. The Bertz CT molecular complexity index is 308. The number of carboxylic acid groups (broad SMARTS) is 1. The van der Waals surface area contributed by atoms with Gasteiger partial charge in [-0.2, -0.15) is 0 Å². The quantitative estimate of drug-likeness (QED) is 0.596. The molecule has 4 atom stereocenters. The van der Waals surface area contributed by atoms with Crippen LogP contribution >= 0.6 is 0 Å². The Labute approximate surface area is 107 Å². The number of urea groups is 1. The van der Waals surface area contributed by atoms with E-state index in [1.54, 1.807) is 13.8 Å². The molecule has 104 valence electrons. The minimum Gasteiger partial charge on any atom is -0.481 e. The molecule has 0 bridgehead atoms. The summed E-state index contributed by atoms with van der Waals surface area (Å²) < 4.78 is 0. The fourth-order valence-electron chi connectivity index (χ4n) is 2.04. The summed E-state index contributed by atoms with van der Waals surface area (Å²) in [5, 5.41) is 23.8. The number of rotatable bonds is 4. The van der Waals surface area contributed by atoms with Crippen LogP contribution in [0.1, 0.15) is 39.5 Å². The Morgan fingerprint density at radius 3 is 2.39 bits per heavy atom. The van der Waals surface area contributed by atoms with Gasteiger partial charge in [0.05, 0.1) is 18.1 Å². The largest absolute Gasteiger partial charge is 0.481 e. The molecule has 0 aromatic heterocycles. The van der Waals surface area contributed by atoms with Crippen molar-refractivity contribution in [3.8, 4) is 0 Å². The van der Waals surface area contributed by atoms with Crippen molar-refractivity contribution in [1.82, 2.24) is 10.6 Å². The Hall–Kier alpha value is -1.30. The molecule has 1 rings (SSSR count). The highest BCUT2D eigenvalue weighted by molar-refractivity contribution is 5.76. The minimum atomic E-state index is -0.944. The van der Waals surface area contributed by atoms with Gasteiger partial charge in [0.25, 0.3) is 0 Å². The van der Waals surface area contributed by atoms with Crippen molar-refractivity contribution in [3.05, 3.63) is 0 Å². The van der Waals surface area contributed by atoms with Crippen LogP contribution in [0.5, 0.6) is 0 Å². The first-order chi connectivity index (χ1) is 8.41. The van der Waals surface area contributed by atoms with Crippen LogP contribution in [0.4, 0.5) is 4.79 Å². The molecule has 4 N–H and O–H groups in total. The number of aliphatic hydroxyl groups is 1. The Kier molecular flexibility index (Phi) is 5.40. The van der Waals surface area contributed by atoms with Gasteiger partial charge in [0.2, 0.25) is 0 Å². The second-order valence-electron chi connectivity index (χ2n) is 4.99. The van der Waals surface area contributed by atoms with E-state index in [1.807, 2.05) is 0 Å². The minimum absolute atomic E-state index is 0.230. The summed E-state index contributed by atoms with van der Waals surface area (Å²) in [6, 6.07) is -1.10. The van der Waals surface area contributed by atoms with Gasteiger partial charge >= 0.3 is 12.0 Å². The van der Waals surface area contributed by atoms with Gasteiger partial charge in [-0.05, 0) is 26.7 Å². The Balaban J connectivity index is 2.38. The van der Waals surface area contributed by atoms with Crippen LogP contribution < -0.4 is 10.6 Å². The zero-order chi connectivity index (χ0) is 13.7. The molecule has 0 heterocycles. The molecule has 0 aliphatic heterocycles. The molecule has 4 unspecified atom stereocenters. The zero-order valence-corrected chi connectivity index (χ0v) is 10.8. The average Bonchev–Trinajstić information content (AvgIpc) is 2.30. The van der Waals surface area contributed by atoms with Crippen LogP contribution in [-0.4, -0.2) is 40.4 Å². The lowest BCUT2D eigenvalue weighted by Gasteiger charge is -2.29. The summed E-state index contributed by atoms with van der Waals surface area (Å²) in [4.78, 5) is 22.4. The maximum absolute atomic E-state index is 11.7. The zero-order valence-electron chi connectivity index (χ0n) is 10.8. The topological polar surface area (TPSA) is 98.7 Å². The number of aliphatic carboxylic acids is 1. The van der Waals surface area contributed by atoms with Gasteiger partial charge in [-0.25, -0.2) is 4.79 Å². The van der Waals surface area contributed by atoms with E-state index >= 15 is 0 Å². The van der Waals surface area contributed by atoms with E-state index < -0.39 is 30.1 Å². The first-order valence-corrected chi connectivity index (χ1v) is 6.39. The van der Waals surface area contributed by atoms with E-state index in [4.69, 9.17) is 5.11 Å². The normalized spacial score (nSPS) is 27.1. The van der Waals surface area contributed by atoms with Crippen molar-refractivity contribution in [1.29, 1.82) is 0 Å². The molecular formula is C12H22N2O4. The SMILES string of the molecule is CC(NC(=O)NC1CCCCC1O)C(C)C(=O)O. The number of carbonyl (C=O) groups is 2. The van der Waals surface area contributed by atoms with Crippen molar-refractivity contribution >= 4 is 12.0 Å². The van der Waals surface area contributed by atoms with Gasteiger partial charge in [-0.1, -0.05) is 12.8 Å². The number of aliphatic hydroxyl groups excluding tert-OH is 1. The number of hydrogen-bond acceptors (Lipinski definition) is 3. The van der Waals surface area contributed by atoms with Crippen molar-refractivity contribution < 1.29 is 19.8 Å². The second kappa shape index (κ2) is 6.58. The summed E-state index contributed by atoms with van der Waals surface area (Å²) in [7, 11) is 0. The molecule has 0 spiro atoms. The molecular weight excluding hydrogens is 236 g/mol. The molecule has 1 saturated carbocycles. The molecule has 1 aliphatic rings. The van der Waals surface area contributed by atoms with Gasteiger partial charge in [-0.15, -0.1) is 0 Å². The van der Waals surface area contributed by atoms with Gasteiger partial charge in [0, 0.05) is 6.04 Å². The third-order valence-corrected chi connectivity index (χ3v) is 3.54. The third-order valence-electron chi connectivity index (χ3n) is 3.54. The van der Waals surface area contributed by atoms with E-state index in [2.05, 4.69) is 10.6 Å². The Morgan fingerprint density at radius 1 is 1.22 bits per heavy atom. The van der Waals surface area contributed by atoms with E-state index in [0.717, 1.165) is 19.3 Å². The van der Waals surface area contributed by atoms with Crippen molar-refractivity contribution in [2.45, 2.75) is 57.7 Å². The molecule has 0 aromatic rings. The highest BCUT2D eigenvalue weighted by Crippen LogP contribution is 2.18. The molecule has 0 radical (unpaired) electrons. The maximum atomic E-state index is 11.7. The first kappa shape index (κ1) is 14.8. The summed E-state index contributed by atoms with van der Waals surface area (Å²) in [6.45, 7) is 3.19. The molecule has 0 aromatic carbocycles. The van der Waals surface area contributed by atoms with Crippen molar-refractivity contribution in [2.75, 3.05) is 0 Å². The standard InChI is InChI=1S/C12H22N2O4/c1-7(11(16)17)8(2)13-12(18)14-9-5-3-4-6-10(9)15/h7-10,15H,3-6H2,1-2H3,(H,16,17)(H2,13,14,18). The second-order valence-corrected chi connectivity index (χ2v) is 4.99. The smallest absolute Gasteiger partial charge is 0.315 e. The van der Waals surface area contributed by atoms with Gasteiger partial charge < -0.3 is 20.8 Å². The van der Waals surface area contributed by atoms with Gasteiger partial charge in [-0.3, -0.25) is 4.79 Å². The molecule has 18 heavy (non-hydrogen) atoms. The predicted octanol–water partition coefficient (Wildman–Crippen LogP) is 0.698. The molecule has 0 saturated heterocycles. The van der Waals surface area contributed by atoms with Crippen LogP contribution in [0.25, 0.3) is 0 Å². The average molecular weight is 258 g/mol. The lowest BCUT2D eigenvalue weighted by molar-refractivity contribution is -0.141. The summed E-state index contributed by atoms with van der Waals surface area (Å²) >= 11 is 0. The van der Waals surface area contributed by atoms with E-state index in [0.29, 0.717) is 6.42 Å². The van der Waals surface area contributed by atoms with Crippen molar-refractivity contribution in [2.24, 2.45) is 5.92 Å².